The molecule has 0 spiro atoms. The molecule has 0 aliphatic carbocycles. The number of nitriles is 1. The van der Waals surface area contributed by atoms with Gasteiger partial charge in [0.15, 0.2) is 0 Å². The first-order valence-electron chi connectivity index (χ1n) is 7.71. The van der Waals surface area contributed by atoms with E-state index in [4.69, 9.17) is 11.6 Å². The van der Waals surface area contributed by atoms with Crippen molar-refractivity contribution in [3.05, 3.63) is 76.8 Å². The lowest BCUT2D eigenvalue weighted by Crippen LogP contribution is -2.13. The maximum absolute atomic E-state index is 12.2. The number of nitrogens with one attached hydrogen (secondary N) is 2. The van der Waals surface area contributed by atoms with Crippen LogP contribution in [0.2, 0.25) is 0 Å². The summed E-state index contributed by atoms with van der Waals surface area (Å²) in [5.41, 5.74) is 1.85. The van der Waals surface area contributed by atoms with E-state index in [0.29, 0.717) is 11.4 Å². The van der Waals surface area contributed by atoms with Crippen molar-refractivity contribution in [2.75, 3.05) is 10.6 Å². The molecular formula is C20H16ClN3O2. The van der Waals surface area contributed by atoms with Crippen LogP contribution in [-0.2, 0) is 9.59 Å². The van der Waals surface area contributed by atoms with Gasteiger partial charge in [-0.3, -0.25) is 9.59 Å². The van der Waals surface area contributed by atoms with Gasteiger partial charge in [0.25, 0.3) is 5.91 Å². The molecule has 6 heteroatoms. The second-order valence-electron chi connectivity index (χ2n) is 5.32. The van der Waals surface area contributed by atoms with E-state index < -0.39 is 5.91 Å². The van der Waals surface area contributed by atoms with Gasteiger partial charge < -0.3 is 10.6 Å². The Balaban J connectivity index is 2.09. The first-order valence-corrected chi connectivity index (χ1v) is 8.09. The smallest absolute Gasteiger partial charge is 0.266 e. The predicted octanol–water partition coefficient (Wildman–Crippen LogP) is 4.31. The van der Waals surface area contributed by atoms with Gasteiger partial charge in [-0.25, -0.2) is 0 Å². The zero-order valence-electron chi connectivity index (χ0n) is 14.0. The molecule has 2 aromatic rings. The summed E-state index contributed by atoms with van der Waals surface area (Å²) in [4.78, 5) is 23.2. The molecule has 0 unspecified atom stereocenters. The minimum Gasteiger partial charge on any atom is -0.326 e. The van der Waals surface area contributed by atoms with Crippen LogP contribution in [0.25, 0.3) is 6.08 Å². The van der Waals surface area contributed by atoms with Gasteiger partial charge in [-0.15, -0.1) is 0 Å². The van der Waals surface area contributed by atoms with Gasteiger partial charge in [0.1, 0.15) is 11.6 Å². The second kappa shape index (κ2) is 9.21. The largest absolute Gasteiger partial charge is 0.326 e. The van der Waals surface area contributed by atoms with E-state index >= 15 is 0 Å². The number of carbonyl (C=O) groups excluding carboxylic acids is 2. The molecule has 0 bridgehead atoms. The van der Waals surface area contributed by atoms with Gasteiger partial charge in [-0.1, -0.05) is 41.9 Å². The first-order chi connectivity index (χ1) is 12.5. The summed E-state index contributed by atoms with van der Waals surface area (Å²) in [5.74, 6) is -0.754. The van der Waals surface area contributed by atoms with Crippen molar-refractivity contribution in [2.45, 2.75) is 6.92 Å². The molecule has 0 radical (unpaired) electrons. The lowest BCUT2D eigenvalue weighted by molar-refractivity contribution is -0.114. The Morgan fingerprint density at radius 3 is 2.12 bits per heavy atom. The molecule has 0 heterocycles. The standard InChI is InChI=1S/C20H16ClN3O2/c1-14(25)23-18-7-9-19(10-8-18)24-20(26)16(13-22)12-17(21)11-15-5-3-2-4-6-15/h2-12H,1H3,(H,23,25)(H,24,26)/b16-12+,17-11-. The summed E-state index contributed by atoms with van der Waals surface area (Å²) in [6, 6.07) is 17.7. The van der Waals surface area contributed by atoms with Gasteiger partial charge >= 0.3 is 0 Å². The molecule has 2 N–H and O–H groups in total. The fourth-order valence-corrected chi connectivity index (χ4v) is 2.31. The molecule has 0 aliphatic rings. The lowest BCUT2D eigenvalue weighted by Gasteiger charge is -2.06. The van der Waals surface area contributed by atoms with Crippen LogP contribution in [0, 0.1) is 11.3 Å². The number of allylic oxidation sites excluding steroid dienone is 2. The van der Waals surface area contributed by atoms with Gasteiger partial charge in [0, 0.05) is 23.3 Å². The van der Waals surface area contributed by atoms with Crippen molar-refractivity contribution in [3.8, 4) is 6.07 Å². The second-order valence-corrected chi connectivity index (χ2v) is 5.76. The third kappa shape index (κ3) is 5.93. The SMILES string of the molecule is CC(=O)Nc1ccc(NC(=O)/C(C#N)=C/C(Cl)=C/c2ccccc2)cc1. The van der Waals surface area contributed by atoms with Crippen molar-refractivity contribution >= 4 is 40.9 Å². The summed E-state index contributed by atoms with van der Waals surface area (Å²) in [6.45, 7) is 1.41. The normalized spacial score (nSPS) is 11.4. The van der Waals surface area contributed by atoms with Gasteiger partial charge in [0.05, 0.1) is 0 Å². The Morgan fingerprint density at radius 1 is 1.00 bits per heavy atom. The van der Waals surface area contributed by atoms with Crippen LogP contribution in [0.15, 0.2) is 71.3 Å². The Bertz CT molecular complexity index is 895. The van der Waals surface area contributed by atoms with Crippen LogP contribution in [0.4, 0.5) is 11.4 Å². The number of halogens is 1. The highest BCUT2D eigenvalue weighted by Gasteiger charge is 2.10. The van der Waals surface area contributed by atoms with Crippen molar-refractivity contribution in [1.29, 1.82) is 5.26 Å². The molecule has 2 rings (SSSR count). The number of anilines is 2. The van der Waals surface area contributed by atoms with Crippen LogP contribution in [0.1, 0.15) is 12.5 Å². The first kappa shape index (κ1) is 19.0. The van der Waals surface area contributed by atoms with E-state index in [1.807, 2.05) is 36.4 Å². The topological polar surface area (TPSA) is 82.0 Å². The molecular weight excluding hydrogens is 350 g/mol. The monoisotopic (exact) mass is 365 g/mol. The number of hydrogen-bond acceptors (Lipinski definition) is 3. The number of carbonyl (C=O) groups is 2. The molecule has 0 atom stereocenters. The number of rotatable bonds is 5. The van der Waals surface area contributed by atoms with Crippen molar-refractivity contribution in [1.82, 2.24) is 0 Å². The Labute approximate surface area is 156 Å². The van der Waals surface area contributed by atoms with E-state index in [1.54, 1.807) is 30.3 Å². The maximum Gasteiger partial charge on any atom is 0.266 e. The average Bonchev–Trinajstić information content (AvgIpc) is 2.61. The lowest BCUT2D eigenvalue weighted by atomic mass is 10.2. The van der Waals surface area contributed by atoms with E-state index in [0.717, 1.165) is 5.56 Å². The molecule has 0 aliphatic heterocycles. The zero-order valence-corrected chi connectivity index (χ0v) is 14.7. The van der Waals surface area contributed by atoms with Gasteiger partial charge in [-0.05, 0) is 42.0 Å². The van der Waals surface area contributed by atoms with Crippen LogP contribution in [0.5, 0.6) is 0 Å². The molecule has 5 nitrogen and oxygen atoms in total. The zero-order chi connectivity index (χ0) is 18.9. The molecule has 2 aromatic carbocycles. The minimum absolute atomic E-state index is 0.117. The summed E-state index contributed by atoms with van der Waals surface area (Å²) in [7, 11) is 0. The minimum atomic E-state index is -0.570. The summed E-state index contributed by atoms with van der Waals surface area (Å²) < 4.78 is 0. The molecule has 0 fully saturated rings. The Kier molecular flexibility index (Phi) is 6.72. The molecule has 0 saturated carbocycles. The molecule has 26 heavy (non-hydrogen) atoms. The van der Waals surface area contributed by atoms with Crippen LogP contribution >= 0.6 is 11.6 Å². The Morgan fingerprint density at radius 2 is 1.58 bits per heavy atom. The van der Waals surface area contributed by atoms with E-state index in [1.165, 1.54) is 13.0 Å². The number of benzene rings is 2. The summed E-state index contributed by atoms with van der Waals surface area (Å²) in [6.07, 6.45) is 2.98. The number of hydrogen-bond donors (Lipinski definition) is 2. The molecule has 0 aromatic heterocycles. The van der Waals surface area contributed by atoms with Crippen molar-refractivity contribution in [2.24, 2.45) is 0 Å². The van der Waals surface area contributed by atoms with E-state index in [-0.39, 0.29) is 16.5 Å². The number of nitrogens with zero attached hydrogens (tertiary/aromatic N) is 1. The highest BCUT2D eigenvalue weighted by atomic mass is 35.5. The fourth-order valence-electron chi connectivity index (χ4n) is 2.08. The maximum atomic E-state index is 12.2. The van der Waals surface area contributed by atoms with Gasteiger partial charge in [-0.2, -0.15) is 5.26 Å². The van der Waals surface area contributed by atoms with Gasteiger partial charge in [0.2, 0.25) is 5.91 Å². The van der Waals surface area contributed by atoms with E-state index in [9.17, 15) is 14.9 Å². The van der Waals surface area contributed by atoms with Crippen LogP contribution in [-0.4, -0.2) is 11.8 Å². The van der Waals surface area contributed by atoms with Crippen molar-refractivity contribution < 1.29 is 9.59 Å². The third-order valence-corrected chi connectivity index (χ3v) is 3.43. The quantitative estimate of drug-likeness (QED) is 0.470. The molecule has 2 amide bonds. The summed E-state index contributed by atoms with van der Waals surface area (Å²) in [5, 5.41) is 14.7. The third-order valence-electron chi connectivity index (χ3n) is 3.21. The van der Waals surface area contributed by atoms with Crippen LogP contribution in [0.3, 0.4) is 0 Å². The number of amides is 2. The molecule has 0 saturated heterocycles. The highest BCUT2D eigenvalue weighted by molar-refractivity contribution is 6.33. The molecule has 130 valence electrons. The highest BCUT2D eigenvalue weighted by Crippen LogP contribution is 2.16. The van der Waals surface area contributed by atoms with E-state index in [2.05, 4.69) is 10.6 Å². The summed E-state index contributed by atoms with van der Waals surface area (Å²) >= 11 is 6.12. The fraction of sp³-hybridized carbons (Fsp3) is 0.0500. The van der Waals surface area contributed by atoms with Crippen molar-refractivity contribution in [3.63, 3.8) is 0 Å². The average molecular weight is 366 g/mol. The van der Waals surface area contributed by atoms with Crippen LogP contribution < -0.4 is 10.6 Å². The predicted molar refractivity (Wildman–Crippen MR) is 103 cm³/mol. The Hall–Kier alpha value is -3.36.